The molecule has 0 aliphatic carbocycles. The van der Waals surface area contributed by atoms with Crippen molar-refractivity contribution in [2.75, 3.05) is 29.9 Å². The van der Waals surface area contributed by atoms with E-state index in [0.717, 1.165) is 25.2 Å². The maximum absolute atomic E-state index is 12.9. The summed E-state index contributed by atoms with van der Waals surface area (Å²) in [6.45, 7) is 2.60. The van der Waals surface area contributed by atoms with Crippen LogP contribution in [-0.4, -0.2) is 47.4 Å². The highest BCUT2D eigenvalue weighted by Crippen LogP contribution is 2.25. The van der Waals surface area contributed by atoms with Gasteiger partial charge in [-0.2, -0.15) is 0 Å². The number of benzene rings is 1. The topological polar surface area (TPSA) is 65.5 Å². The summed E-state index contributed by atoms with van der Waals surface area (Å²) >= 11 is 12.0. The summed E-state index contributed by atoms with van der Waals surface area (Å²) in [6.07, 6.45) is 5.55. The van der Waals surface area contributed by atoms with E-state index in [9.17, 15) is 9.59 Å². The third-order valence-electron chi connectivity index (χ3n) is 5.40. The predicted molar refractivity (Wildman–Crippen MR) is 115 cm³/mol. The van der Waals surface area contributed by atoms with Crippen LogP contribution in [0.15, 0.2) is 36.5 Å². The number of carbonyl (C=O) groups is 2. The second-order valence-electron chi connectivity index (χ2n) is 7.40. The molecule has 3 heterocycles. The zero-order valence-electron chi connectivity index (χ0n) is 15.9. The number of nitrogens with one attached hydrogen (secondary N) is 1. The number of hydrogen-bond acceptors (Lipinski definition) is 4. The Morgan fingerprint density at radius 2 is 1.72 bits per heavy atom. The number of pyridine rings is 1. The van der Waals surface area contributed by atoms with Crippen LogP contribution in [0.25, 0.3) is 0 Å². The van der Waals surface area contributed by atoms with E-state index in [0.29, 0.717) is 34.4 Å². The first-order valence-corrected chi connectivity index (χ1v) is 10.6. The van der Waals surface area contributed by atoms with Crippen molar-refractivity contribution in [3.63, 3.8) is 0 Å². The Balaban J connectivity index is 1.44. The van der Waals surface area contributed by atoms with E-state index in [-0.39, 0.29) is 11.8 Å². The molecule has 6 nitrogen and oxygen atoms in total. The Hall–Kier alpha value is -2.31. The smallest absolute Gasteiger partial charge is 0.254 e. The first-order chi connectivity index (χ1) is 14.0. The van der Waals surface area contributed by atoms with Crippen molar-refractivity contribution >= 4 is 46.5 Å². The summed E-state index contributed by atoms with van der Waals surface area (Å²) in [5, 5.41) is 3.63. The van der Waals surface area contributed by atoms with Gasteiger partial charge < -0.3 is 15.1 Å². The van der Waals surface area contributed by atoms with Gasteiger partial charge in [0.25, 0.3) is 5.91 Å². The number of anilines is 2. The molecule has 4 rings (SSSR count). The average Bonchev–Trinajstić information content (AvgIpc) is 3.39. The Morgan fingerprint density at radius 3 is 2.38 bits per heavy atom. The second kappa shape index (κ2) is 8.59. The molecule has 0 bridgehead atoms. The number of nitrogens with zero attached hydrogens (tertiary/aromatic N) is 3. The SMILES string of the molecule is O=C(Nc1ccc(N2CCCC2)cn1)[C@H]1CCCN1C(=O)c1cc(Cl)cc(Cl)c1. The summed E-state index contributed by atoms with van der Waals surface area (Å²) in [5.74, 6) is 0.0119. The minimum atomic E-state index is -0.541. The fraction of sp³-hybridized carbons (Fsp3) is 0.381. The highest BCUT2D eigenvalue weighted by atomic mass is 35.5. The van der Waals surface area contributed by atoms with E-state index < -0.39 is 6.04 Å². The lowest BCUT2D eigenvalue weighted by atomic mass is 10.1. The first-order valence-electron chi connectivity index (χ1n) is 9.80. The van der Waals surface area contributed by atoms with Gasteiger partial charge in [0, 0.05) is 35.2 Å². The number of hydrogen-bond donors (Lipinski definition) is 1. The molecule has 0 radical (unpaired) electrons. The van der Waals surface area contributed by atoms with Crippen molar-refractivity contribution < 1.29 is 9.59 Å². The molecule has 2 aliphatic heterocycles. The zero-order valence-corrected chi connectivity index (χ0v) is 17.4. The molecule has 2 aliphatic rings. The molecule has 0 spiro atoms. The molecule has 1 atom stereocenters. The fourth-order valence-corrected chi connectivity index (χ4v) is 4.48. The highest BCUT2D eigenvalue weighted by Gasteiger charge is 2.35. The molecular weight excluding hydrogens is 411 g/mol. The van der Waals surface area contributed by atoms with Crippen molar-refractivity contribution in [2.24, 2.45) is 0 Å². The number of carbonyl (C=O) groups excluding carboxylic acids is 2. The molecule has 0 unspecified atom stereocenters. The van der Waals surface area contributed by atoms with Gasteiger partial charge in [-0.15, -0.1) is 0 Å². The van der Waals surface area contributed by atoms with Gasteiger partial charge in [0.15, 0.2) is 0 Å². The minimum Gasteiger partial charge on any atom is -0.370 e. The summed E-state index contributed by atoms with van der Waals surface area (Å²) in [4.78, 5) is 34.0. The van der Waals surface area contributed by atoms with E-state index in [1.165, 1.54) is 12.8 Å². The molecule has 152 valence electrons. The van der Waals surface area contributed by atoms with Gasteiger partial charge in [-0.3, -0.25) is 9.59 Å². The van der Waals surface area contributed by atoms with Crippen LogP contribution in [0.3, 0.4) is 0 Å². The number of likely N-dealkylation sites (tertiary alicyclic amines) is 1. The van der Waals surface area contributed by atoms with Crippen LogP contribution in [0.5, 0.6) is 0 Å². The quantitative estimate of drug-likeness (QED) is 0.784. The lowest BCUT2D eigenvalue weighted by molar-refractivity contribution is -0.119. The van der Waals surface area contributed by atoms with Gasteiger partial charge in [-0.05, 0) is 56.0 Å². The van der Waals surface area contributed by atoms with E-state index in [1.807, 2.05) is 12.1 Å². The Bertz CT molecular complexity index is 893. The van der Waals surface area contributed by atoms with Crippen molar-refractivity contribution in [1.82, 2.24) is 9.88 Å². The largest absolute Gasteiger partial charge is 0.370 e. The molecular formula is C21H22Cl2N4O2. The summed E-state index contributed by atoms with van der Waals surface area (Å²) in [6, 6.07) is 7.96. The van der Waals surface area contributed by atoms with Crippen LogP contribution in [-0.2, 0) is 4.79 Å². The lowest BCUT2D eigenvalue weighted by Crippen LogP contribution is -2.43. The van der Waals surface area contributed by atoms with E-state index in [2.05, 4.69) is 15.2 Å². The van der Waals surface area contributed by atoms with Gasteiger partial charge in [0.2, 0.25) is 5.91 Å². The molecule has 2 fully saturated rings. The lowest BCUT2D eigenvalue weighted by Gasteiger charge is -2.24. The van der Waals surface area contributed by atoms with Crippen molar-refractivity contribution in [3.8, 4) is 0 Å². The predicted octanol–water partition coefficient (Wildman–Crippen LogP) is 4.23. The number of rotatable bonds is 4. The van der Waals surface area contributed by atoms with Gasteiger partial charge in [-0.1, -0.05) is 23.2 Å². The molecule has 0 saturated carbocycles. The monoisotopic (exact) mass is 432 g/mol. The van der Waals surface area contributed by atoms with Gasteiger partial charge in [0.1, 0.15) is 11.9 Å². The van der Waals surface area contributed by atoms with Crippen LogP contribution >= 0.6 is 23.2 Å². The summed E-state index contributed by atoms with van der Waals surface area (Å²) < 4.78 is 0. The Morgan fingerprint density at radius 1 is 1.00 bits per heavy atom. The van der Waals surface area contributed by atoms with Crippen LogP contribution in [0.2, 0.25) is 10.0 Å². The van der Waals surface area contributed by atoms with Crippen molar-refractivity contribution in [2.45, 2.75) is 31.7 Å². The zero-order chi connectivity index (χ0) is 20.4. The molecule has 2 amide bonds. The molecule has 1 aromatic carbocycles. The van der Waals surface area contributed by atoms with E-state index >= 15 is 0 Å². The Labute approximate surface area is 179 Å². The average molecular weight is 433 g/mol. The molecule has 1 N–H and O–H groups in total. The molecule has 29 heavy (non-hydrogen) atoms. The molecule has 2 saturated heterocycles. The van der Waals surface area contributed by atoms with E-state index in [4.69, 9.17) is 23.2 Å². The Kier molecular flexibility index (Phi) is 5.92. The second-order valence-corrected chi connectivity index (χ2v) is 8.27. The van der Waals surface area contributed by atoms with Crippen LogP contribution < -0.4 is 10.2 Å². The van der Waals surface area contributed by atoms with Crippen LogP contribution in [0.4, 0.5) is 11.5 Å². The number of aromatic nitrogens is 1. The third-order valence-corrected chi connectivity index (χ3v) is 5.83. The van der Waals surface area contributed by atoms with Gasteiger partial charge in [-0.25, -0.2) is 4.98 Å². The standard InChI is InChI=1S/C21H22Cl2N4O2/c22-15-10-14(11-16(23)12-15)21(29)27-9-3-4-18(27)20(28)25-19-6-5-17(13-24-19)26-7-1-2-8-26/h5-6,10-13,18H,1-4,7-9H2,(H,24,25,28)/t18-/m1/s1. The van der Waals surface area contributed by atoms with Crippen LogP contribution in [0, 0.1) is 0 Å². The number of halogens is 2. The minimum absolute atomic E-state index is 0.231. The van der Waals surface area contributed by atoms with Gasteiger partial charge >= 0.3 is 0 Å². The van der Waals surface area contributed by atoms with E-state index in [1.54, 1.807) is 29.3 Å². The summed E-state index contributed by atoms with van der Waals surface area (Å²) in [7, 11) is 0. The fourth-order valence-electron chi connectivity index (χ4n) is 3.96. The highest BCUT2D eigenvalue weighted by molar-refractivity contribution is 6.35. The van der Waals surface area contributed by atoms with Crippen LogP contribution in [0.1, 0.15) is 36.0 Å². The molecule has 1 aromatic heterocycles. The van der Waals surface area contributed by atoms with Crippen molar-refractivity contribution in [3.05, 3.63) is 52.1 Å². The third kappa shape index (κ3) is 4.49. The maximum atomic E-state index is 12.9. The first kappa shape index (κ1) is 20.0. The number of amides is 2. The van der Waals surface area contributed by atoms with Crippen molar-refractivity contribution in [1.29, 1.82) is 0 Å². The maximum Gasteiger partial charge on any atom is 0.254 e. The molecule has 2 aromatic rings. The van der Waals surface area contributed by atoms with Gasteiger partial charge in [0.05, 0.1) is 11.9 Å². The molecule has 8 heteroatoms. The summed E-state index contributed by atoms with van der Waals surface area (Å²) in [5.41, 5.74) is 1.45. The normalized spacial score (nSPS) is 18.9.